The molecular formula is C9H16N2O2. The first-order chi connectivity index (χ1) is 6.27. The Bertz CT molecular complexity index is 180. The van der Waals surface area contributed by atoms with Crippen molar-refractivity contribution in [1.29, 1.82) is 0 Å². The largest absolute Gasteiger partial charge is 0.481 e. The summed E-state index contributed by atoms with van der Waals surface area (Å²) < 4.78 is 0. The quantitative estimate of drug-likeness (QED) is 0.704. The molecule has 0 amide bonds. The number of H-pyrrole nitrogens is 1. The van der Waals surface area contributed by atoms with E-state index < -0.39 is 5.97 Å². The van der Waals surface area contributed by atoms with Gasteiger partial charge in [-0.1, -0.05) is 19.8 Å². The van der Waals surface area contributed by atoms with Crippen LogP contribution in [-0.4, -0.2) is 21.0 Å². The van der Waals surface area contributed by atoms with E-state index in [1.807, 2.05) is 0 Å². The third-order valence-corrected chi connectivity index (χ3v) is 1.40. The number of rotatable bonds is 4. The van der Waals surface area contributed by atoms with E-state index in [2.05, 4.69) is 16.9 Å². The Labute approximate surface area is 78.0 Å². The number of hydrogen-bond acceptors (Lipinski definition) is 2. The van der Waals surface area contributed by atoms with Crippen LogP contribution in [0.1, 0.15) is 32.6 Å². The molecule has 1 rings (SSSR count). The van der Waals surface area contributed by atoms with Gasteiger partial charge >= 0.3 is 5.97 Å². The molecule has 0 aliphatic rings. The number of carboxylic acid groups (broad SMARTS) is 1. The molecule has 0 fully saturated rings. The lowest BCUT2D eigenvalue weighted by molar-refractivity contribution is -0.137. The van der Waals surface area contributed by atoms with Crippen LogP contribution in [0, 0.1) is 0 Å². The number of carboxylic acids is 1. The topological polar surface area (TPSA) is 66.0 Å². The average molecular weight is 184 g/mol. The van der Waals surface area contributed by atoms with Crippen molar-refractivity contribution in [3.8, 4) is 0 Å². The summed E-state index contributed by atoms with van der Waals surface area (Å²) in [5, 5.41) is 8.14. The Morgan fingerprint density at radius 2 is 2.31 bits per heavy atom. The van der Waals surface area contributed by atoms with Crippen LogP contribution in [0.4, 0.5) is 0 Å². The summed E-state index contributed by atoms with van der Waals surface area (Å²) in [5.74, 6) is -0.682. The number of imidazole rings is 1. The number of aromatic nitrogens is 2. The van der Waals surface area contributed by atoms with Gasteiger partial charge in [0.15, 0.2) is 0 Å². The molecule has 0 aromatic carbocycles. The van der Waals surface area contributed by atoms with Gasteiger partial charge in [0, 0.05) is 18.8 Å². The molecule has 74 valence electrons. The standard InChI is InChI=1S/C6H12O2.C3H4N2/c1-2-3-4-5-6(7)8;1-2-5-3-4-1/h2-5H2,1H3,(H,7,8);1-3H,(H,4,5). The first-order valence-electron chi connectivity index (χ1n) is 4.42. The van der Waals surface area contributed by atoms with E-state index in [1.54, 1.807) is 18.7 Å². The van der Waals surface area contributed by atoms with E-state index in [0.717, 1.165) is 19.3 Å². The lowest BCUT2D eigenvalue weighted by Crippen LogP contribution is -1.92. The maximum atomic E-state index is 9.87. The van der Waals surface area contributed by atoms with Gasteiger partial charge in [-0.3, -0.25) is 4.79 Å². The van der Waals surface area contributed by atoms with Crippen LogP contribution in [-0.2, 0) is 4.79 Å². The van der Waals surface area contributed by atoms with E-state index in [1.165, 1.54) is 0 Å². The summed E-state index contributed by atoms with van der Waals surface area (Å²) in [6.45, 7) is 2.06. The van der Waals surface area contributed by atoms with Gasteiger partial charge in [-0.2, -0.15) is 0 Å². The molecule has 2 N–H and O–H groups in total. The Balaban J connectivity index is 0.000000243. The number of nitrogens with zero attached hydrogens (tertiary/aromatic N) is 1. The molecule has 0 aliphatic carbocycles. The van der Waals surface area contributed by atoms with Gasteiger partial charge in [0.2, 0.25) is 0 Å². The molecular weight excluding hydrogens is 168 g/mol. The molecule has 0 unspecified atom stereocenters. The molecule has 0 saturated carbocycles. The lowest BCUT2D eigenvalue weighted by Gasteiger charge is -1.89. The van der Waals surface area contributed by atoms with Crippen LogP contribution in [0.3, 0.4) is 0 Å². The Morgan fingerprint density at radius 1 is 1.54 bits per heavy atom. The molecule has 0 radical (unpaired) electrons. The number of carbonyl (C=O) groups is 1. The summed E-state index contributed by atoms with van der Waals surface area (Å²) in [6.07, 6.45) is 8.36. The Morgan fingerprint density at radius 3 is 2.62 bits per heavy atom. The predicted octanol–water partition coefficient (Wildman–Crippen LogP) is 2.06. The summed E-state index contributed by atoms with van der Waals surface area (Å²) in [5.41, 5.74) is 0. The SMILES string of the molecule is CCCCCC(=O)O.c1c[nH]cn1. The fraction of sp³-hybridized carbons (Fsp3) is 0.556. The molecule has 4 nitrogen and oxygen atoms in total. The molecule has 1 aromatic rings. The summed E-state index contributed by atoms with van der Waals surface area (Å²) >= 11 is 0. The summed E-state index contributed by atoms with van der Waals surface area (Å²) in [6, 6.07) is 0. The number of unbranched alkanes of at least 4 members (excludes halogenated alkanes) is 2. The molecule has 0 aliphatic heterocycles. The zero-order chi connectivity index (χ0) is 9.94. The van der Waals surface area contributed by atoms with Crippen molar-refractivity contribution in [2.24, 2.45) is 0 Å². The van der Waals surface area contributed by atoms with Crippen molar-refractivity contribution in [2.75, 3.05) is 0 Å². The molecule has 1 aromatic heterocycles. The van der Waals surface area contributed by atoms with E-state index in [9.17, 15) is 4.79 Å². The van der Waals surface area contributed by atoms with Crippen LogP contribution < -0.4 is 0 Å². The summed E-state index contributed by atoms with van der Waals surface area (Å²) in [7, 11) is 0. The van der Waals surface area contributed by atoms with Gasteiger partial charge in [-0.15, -0.1) is 0 Å². The highest BCUT2D eigenvalue weighted by atomic mass is 16.4. The van der Waals surface area contributed by atoms with Gasteiger partial charge in [0.1, 0.15) is 0 Å². The van der Waals surface area contributed by atoms with Gasteiger partial charge in [0.05, 0.1) is 6.33 Å². The second kappa shape index (κ2) is 8.77. The minimum atomic E-state index is -0.682. The van der Waals surface area contributed by atoms with Crippen molar-refractivity contribution in [3.63, 3.8) is 0 Å². The molecule has 0 bridgehead atoms. The molecule has 0 saturated heterocycles. The first-order valence-corrected chi connectivity index (χ1v) is 4.42. The molecule has 13 heavy (non-hydrogen) atoms. The van der Waals surface area contributed by atoms with E-state index >= 15 is 0 Å². The first kappa shape index (κ1) is 11.7. The zero-order valence-corrected chi connectivity index (χ0v) is 7.86. The molecule has 4 heteroatoms. The third kappa shape index (κ3) is 10.7. The van der Waals surface area contributed by atoms with Gasteiger partial charge < -0.3 is 10.1 Å². The van der Waals surface area contributed by atoms with E-state index in [4.69, 9.17) is 5.11 Å². The van der Waals surface area contributed by atoms with Crippen molar-refractivity contribution in [3.05, 3.63) is 18.7 Å². The molecule has 0 atom stereocenters. The highest BCUT2D eigenvalue weighted by Gasteiger charge is 1.92. The van der Waals surface area contributed by atoms with E-state index in [-0.39, 0.29) is 0 Å². The maximum absolute atomic E-state index is 9.87. The minimum Gasteiger partial charge on any atom is -0.481 e. The maximum Gasteiger partial charge on any atom is 0.303 e. The zero-order valence-electron chi connectivity index (χ0n) is 7.86. The fourth-order valence-corrected chi connectivity index (χ4v) is 0.741. The number of aliphatic carboxylic acids is 1. The van der Waals surface area contributed by atoms with Crippen LogP contribution >= 0.6 is 0 Å². The van der Waals surface area contributed by atoms with Crippen LogP contribution in [0.25, 0.3) is 0 Å². The van der Waals surface area contributed by atoms with E-state index in [0.29, 0.717) is 6.42 Å². The second-order valence-electron chi connectivity index (χ2n) is 2.61. The highest BCUT2D eigenvalue weighted by Crippen LogP contribution is 1.97. The minimum absolute atomic E-state index is 0.327. The average Bonchev–Trinajstić information content (AvgIpc) is 2.61. The monoisotopic (exact) mass is 184 g/mol. The van der Waals surface area contributed by atoms with Crippen molar-refractivity contribution in [1.82, 2.24) is 9.97 Å². The smallest absolute Gasteiger partial charge is 0.303 e. The normalized spacial score (nSPS) is 8.69. The van der Waals surface area contributed by atoms with Gasteiger partial charge in [-0.25, -0.2) is 4.98 Å². The Kier molecular flexibility index (Phi) is 7.88. The Hall–Kier alpha value is -1.32. The number of hydrogen-bond donors (Lipinski definition) is 2. The molecule has 0 spiro atoms. The molecule has 1 heterocycles. The number of aromatic amines is 1. The highest BCUT2D eigenvalue weighted by molar-refractivity contribution is 5.66. The van der Waals surface area contributed by atoms with Crippen LogP contribution in [0.2, 0.25) is 0 Å². The van der Waals surface area contributed by atoms with Crippen LogP contribution in [0.15, 0.2) is 18.7 Å². The second-order valence-corrected chi connectivity index (χ2v) is 2.61. The number of nitrogens with one attached hydrogen (secondary N) is 1. The van der Waals surface area contributed by atoms with Gasteiger partial charge in [0.25, 0.3) is 0 Å². The van der Waals surface area contributed by atoms with Crippen molar-refractivity contribution in [2.45, 2.75) is 32.6 Å². The van der Waals surface area contributed by atoms with Crippen LogP contribution in [0.5, 0.6) is 0 Å². The van der Waals surface area contributed by atoms with Crippen molar-refractivity contribution >= 4 is 5.97 Å². The predicted molar refractivity (Wildman–Crippen MR) is 50.4 cm³/mol. The lowest BCUT2D eigenvalue weighted by atomic mass is 10.2. The van der Waals surface area contributed by atoms with Gasteiger partial charge in [-0.05, 0) is 6.42 Å². The fourth-order valence-electron chi connectivity index (χ4n) is 0.741. The third-order valence-electron chi connectivity index (χ3n) is 1.40. The summed E-state index contributed by atoms with van der Waals surface area (Å²) in [4.78, 5) is 16.3. The van der Waals surface area contributed by atoms with Crippen molar-refractivity contribution < 1.29 is 9.90 Å².